The van der Waals surface area contributed by atoms with Gasteiger partial charge in [-0.2, -0.15) is 0 Å². The standard InChI is InChI=1S/C53H102O6/c1-5-7-9-11-12-13-14-15-16-17-21-24-27-30-33-37-40-44-51(54)57-47-50(59-53(56)46-42-35-10-8-6-2)48-58-52(55)45-41-38-34-31-28-25-22-19-18-20-23-26-29-32-36-39-43-49(3)4/h49-50H,5-48H2,1-4H3/t50-/m0/s1. The second-order valence-corrected chi connectivity index (χ2v) is 18.6. The van der Waals surface area contributed by atoms with Crippen molar-refractivity contribution in [3.8, 4) is 0 Å². The Kier molecular flexibility index (Phi) is 46.2. The minimum absolute atomic E-state index is 0.0642. The van der Waals surface area contributed by atoms with Gasteiger partial charge in [-0.15, -0.1) is 0 Å². The summed E-state index contributed by atoms with van der Waals surface area (Å²) in [6.07, 6.45) is 49.9. The molecule has 0 N–H and O–H groups in total. The Morgan fingerprint density at radius 2 is 0.559 bits per heavy atom. The van der Waals surface area contributed by atoms with Gasteiger partial charge in [-0.1, -0.05) is 259 Å². The third-order valence-corrected chi connectivity index (χ3v) is 12.0. The van der Waals surface area contributed by atoms with Crippen LogP contribution in [0.4, 0.5) is 0 Å². The summed E-state index contributed by atoms with van der Waals surface area (Å²) in [7, 11) is 0. The van der Waals surface area contributed by atoms with Crippen molar-refractivity contribution in [3.05, 3.63) is 0 Å². The van der Waals surface area contributed by atoms with Crippen molar-refractivity contribution in [2.75, 3.05) is 13.2 Å². The Balaban J connectivity index is 4.03. The summed E-state index contributed by atoms with van der Waals surface area (Å²) in [6.45, 7) is 8.97. The maximum Gasteiger partial charge on any atom is 0.306 e. The van der Waals surface area contributed by atoms with Crippen LogP contribution in [0.3, 0.4) is 0 Å². The Morgan fingerprint density at radius 1 is 0.322 bits per heavy atom. The smallest absolute Gasteiger partial charge is 0.306 e. The van der Waals surface area contributed by atoms with E-state index >= 15 is 0 Å². The van der Waals surface area contributed by atoms with E-state index in [1.54, 1.807) is 0 Å². The average molecular weight is 835 g/mol. The van der Waals surface area contributed by atoms with Gasteiger partial charge in [0, 0.05) is 19.3 Å². The molecule has 1 atom stereocenters. The molecule has 0 aromatic heterocycles. The zero-order valence-corrected chi connectivity index (χ0v) is 40.2. The van der Waals surface area contributed by atoms with E-state index < -0.39 is 6.10 Å². The van der Waals surface area contributed by atoms with E-state index in [9.17, 15) is 14.4 Å². The molecule has 6 nitrogen and oxygen atoms in total. The summed E-state index contributed by atoms with van der Waals surface area (Å²) >= 11 is 0. The van der Waals surface area contributed by atoms with Crippen molar-refractivity contribution in [3.63, 3.8) is 0 Å². The lowest BCUT2D eigenvalue weighted by atomic mass is 10.0. The third kappa shape index (κ3) is 47.3. The van der Waals surface area contributed by atoms with Crippen LogP contribution < -0.4 is 0 Å². The highest BCUT2D eigenvalue weighted by molar-refractivity contribution is 5.71. The molecule has 0 aliphatic carbocycles. The molecule has 59 heavy (non-hydrogen) atoms. The maximum atomic E-state index is 12.6. The molecule has 0 aliphatic rings. The van der Waals surface area contributed by atoms with E-state index in [2.05, 4.69) is 27.7 Å². The zero-order chi connectivity index (χ0) is 43.1. The molecule has 0 heterocycles. The molecule has 0 radical (unpaired) electrons. The summed E-state index contributed by atoms with van der Waals surface area (Å²) in [4.78, 5) is 37.6. The van der Waals surface area contributed by atoms with E-state index in [-0.39, 0.29) is 31.1 Å². The quantitative estimate of drug-likeness (QED) is 0.0345. The van der Waals surface area contributed by atoms with Crippen LogP contribution in [0.25, 0.3) is 0 Å². The number of ether oxygens (including phenoxy) is 3. The predicted molar refractivity (Wildman–Crippen MR) is 252 cm³/mol. The molecule has 0 aliphatic heterocycles. The molecule has 0 unspecified atom stereocenters. The first-order chi connectivity index (χ1) is 28.9. The normalized spacial score (nSPS) is 11.9. The summed E-state index contributed by atoms with van der Waals surface area (Å²) in [6, 6.07) is 0. The second kappa shape index (κ2) is 47.5. The number of esters is 3. The minimum Gasteiger partial charge on any atom is -0.462 e. The molecule has 0 aromatic carbocycles. The van der Waals surface area contributed by atoms with Crippen LogP contribution in [-0.4, -0.2) is 37.2 Å². The maximum absolute atomic E-state index is 12.6. The first-order valence-electron chi connectivity index (χ1n) is 26.4. The minimum atomic E-state index is -0.758. The number of rotatable bonds is 48. The molecule has 0 saturated carbocycles. The van der Waals surface area contributed by atoms with Crippen LogP contribution in [0.5, 0.6) is 0 Å². The monoisotopic (exact) mass is 835 g/mol. The van der Waals surface area contributed by atoms with E-state index in [0.29, 0.717) is 19.3 Å². The molecule has 0 spiro atoms. The van der Waals surface area contributed by atoms with Gasteiger partial charge < -0.3 is 14.2 Å². The van der Waals surface area contributed by atoms with Crippen molar-refractivity contribution in [1.82, 2.24) is 0 Å². The van der Waals surface area contributed by atoms with Crippen molar-refractivity contribution < 1.29 is 28.6 Å². The highest BCUT2D eigenvalue weighted by Crippen LogP contribution is 2.17. The first kappa shape index (κ1) is 57.4. The van der Waals surface area contributed by atoms with Crippen molar-refractivity contribution in [2.24, 2.45) is 5.92 Å². The SMILES string of the molecule is CCCCCCCCCCCCCCCCCCCC(=O)OC[C@@H](COC(=O)CCCCCCCCCCCCCCCCCCC(C)C)OC(=O)CCCCCCC. The molecule has 350 valence electrons. The van der Waals surface area contributed by atoms with Crippen molar-refractivity contribution in [1.29, 1.82) is 0 Å². The summed E-state index contributed by atoms with van der Waals surface area (Å²) < 4.78 is 16.7. The van der Waals surface area contributed by atoms with Crippen molar-refractivity contribution in [2.45, 2.75) is 303 Å². The summed E-state index contributed by atoms with van der Waals surface area (Å²) in [5.74, 6) is -0.00563. The first-order valence-corrected chi connectivity index (χ1v) is 26.4. The molecule has 0 bridgehead atoms. The lowest BCUT2D eigenvalue weighted by Gasteiger charge is -2.18. The van der Waals surface area contributed by atoms with Crippen LogP contribution in [-0.2, 0) is 28.6 Å². The van der Waals surface area contributed by atoms with E-state index in [1.165, 1.54) is 186 Å². The molecular weight excluding hydrogens is 733 g/mol. The average Bonchev–Trinajstić information content (AvgIpc) is 3.22. The zero-order valence-electron chi connectivity index (χ0n) is 40.2. The van der Waals surface area contributed by atoms with Gasteiger partial charge in [0.1, 0.15) is 13.2 Å². The van der Waals surface area contributed by atoms with Gasteiger partial charge in [0.15, 0.2) is 6.10 Å². The fourth-order valence-corrected chi connectivity index (χ4v) is 8.04. The van der Waals surface area contributed by atoms with Crippen LogP contribution in [0, 0.1) is 5.92 Å². The third-order valence-electron chi connectivity index (χ3n) is 12.0. The van der Waals surface area contributed by atoms with Crippen molar-refractivity contribution >= 4 is 17.9 Å². The highest BCUT2D eigenvalue weighted by atomic mass is 16.6. The molecule has 0 rings (SSSR count). The van der Waals surface area contributed by atoms with Gasteiger partial charge in [0.05, 0.1) is 0 Å². The number of carbonyl (C=O) groups is 3. The van der Waals surface area contributed by atoms with Gasteiger partial charge in [0.25, 0.3) is 0 Å². The number of hydrogen-bond donors (Lipinski definition) is 0. The number of hydrogen-bond acceptors (Lipinski definition) is 6. The van der Waals surface area contributed by atoms with Crippen LogP contribution in [0.15, 0.2) is 0 Å². The molecule has 6 heteroatoms. The lowest BCUT2D eigenvalue weighted by Crippen LogP contribution is -2.30. The fraction of sp³-hybridized carbons (Fsp3) is 0.943. The lowest BCUT2D eigenvalue weighted by molar-refractivity contribution is -0.167. The van der Waals surface area contributed by atoms with E-state index in [4.69, 9.17) is 14.2 Å². The Labute approximate surface area is 368 Å². The molecule has 0 fully saturated rings. The largest absolute Gasteiger partial charge is 0.462 e. The van der Waals surface area contributed by atoms with Gasteiger partial charge >= 0.3 is 17.9 Å². The van der Waals surface area contributed by atoms with Crippen LogP contribution >= 0.6 is 0 Å². The Hall–Kier alpha value is -1.59. The Bertz CT molecular complexity index is 887. The summed E-state index contributed by atoms with van der Waals surface area (Å²) in [5, 5.41) is 0. The molecule has 0 aromatic rings. The van der Waals surface area contributed by atoms with Gasteiger partial charge in [-0.3, -0.25) is 14.4 Å². The fourth-order valence-electron chi connectivity index (χ4n) is 8.04. The van der Waals surface area contributed by atoms with Gasteiger partial charge in [0.2, 0.25) is 0 Å². The van der Waals surface area contributed by atoms with Crippen LogP contribution in [0.2, 0.25) is 0 Å². The molecular formula is C53H102O6. The van der Waals surface area contributed by atoms with E-state index in [0.717, 1.165) is 70.1 Å². The topological polar surface area (TPSA) is 78.9 Å². The van der Waals surface area contributed by atoms with Gasteiger partial charge in [-0.25, -0.2) is 0 Å². The second-order valence-electron chi connectivity index (χ2n) is 18.6. The molecule has 0 saturated heterocycles. The molecule has 0 amide bonds. The van der Waals surface area contributed by atoms with E-state index in [1.807, 2.05) is 0 Å². The Morgan fingerprint density at radius 3 is 0.831 bits per heavy atom. The van der Waals surface area contributed by atoms with Gasteiger partial charge in [-0.05, 0) is 25.2 Å². The van der Waals surface area contributed by atoms with Crippen LogP contribution in [0.1, 0.15) is 297 Å². The predicted octanol–water partition coefficient (Wildman–Crippen LogP) is 17.1. The highest BCUT2D eigenvalue weighted by Gasteiger charge is 2.19. The summed E-state index contributed by atoms with van der Waals surface area (Å²) in [5.41, 5.74) is 0. The number of carbonyl (C=O) groups excluding carboxylic acids is 3. The number of unbranched alkanes of at least 4 members (excludes halogenated alkanes) is 35.